The van der Waals surface area contributed by atoms with Gasteiger partial charge in [-0.3, -0.25) is 4.79 Å². The third-order valence-corrected chi connectivity index (χ3v) is 6.15. The summed E-state index contributed by atoms with van der Waals surface area (Å²) >= 11 is 0. The number of hydrogen-bond donors (Lipinski definition) is 1. The quantitative estimate of drug-likeness (QED) is 0.397. The standard InChI is InChI=1S/C26H22F3N3O2/c27-23-6-5-18(15-31-23)22-13-19(11-20-12-21(14-30)34-24(20)22)16-1-3-17(4-2-16)25(33)32-9-7-26(28,29)8-10-32/h1-6,11-13,15H,7-10,14,30H2. The fraction of sp³-hybridized carbons (Fsp3) is 0.231. The Morgan fingerprint density at radius 2 is 1.71 bits per heavy atom. The van der Waals surface area contributed by atoms with E-state index in [1.54, 1.807) is 18.2 Å². The van der Waals surface area contributed by atoms with Crippen molar-refractivity contribution in [3.8, 4) is 22.3 Å². The van der Waals surface area contributed by atoms with Crippen molar-refractivity contribution in [2.45, 2.75) is 25.3 Å². The zero-order valence-corrected chi connectivity index (χ0v) is 18.2. The SMILES string of the molecule is NCc1cc2cc(-c3ccc(C(=O)N4CCC(F)(F)CC4)cc3)cc(-c3ccc(F)nc3)c2o1. The average molecular weight is 465 g/mol. The highest BCUT2D eigenvalue weighted by molar-refractivity contribution is 5.98. The average Bonchev–Trinajstić information content (AvgIpc) is 3.27. The van der Waals surface area contributed by atoms with Gasteiger partial charge >= 0.3 is 0 Å². The zero-order valence-electron chi connectivity index (χ0n) is 18.2. The van der Waals surface area contributed by atoms with Crippen LogP contribution in [0.2, 0.25) is 0 Å². The van der Waals surface area contributed by atoms with E-state index in [2.05, 4.69) is 4.98 Å². The lowest BCUT2D eigenvalue weighted by Gasteiger charge is -2.31. The molecule has 1 amide bonds. The van der Waals surface area contributed by atoms with Crippen LogP contribution in [0.25, 0.3) is 33.2 Å². The molecule has 0 aliphatic carbocycles. The molecule has 1 aliphatic rings. The number of pyridine rings is 1. The summed E-state index contributed by atoms with van der Waals surface area (Å²) in [5, 5.41) is 0.840. The Morgan fingerprint density at radius 1 is 1.00 bits per heavy atom. The number of benzene rings is 2. The first kappa shape index (κ1) is 22.2. The lowest BCUT2D eigenvalue weighted by Crippen LogP contribution is -2.42. The van der Waals surface area contributed by atoms with E-state index >= 15 is 0 Å². The van der Waals surface area contributed by atoms with Crippen molar-refractivity contribution in [3.63, 3.8) is 0 Å². The highest BCUT2D eigenvalue weighted by Gasteiger charge is 2.35. The molecule has 0 radical (unpaired) electrons. The Bertz CT molecular complexity index is 1340. The largest absolute Gasteiger partial charge is 0.459 e. The second kappa shape index (κ2) is 8.61. The fourth-order valence-corrected chi connectivity index (χ4v) is 4.25. The predicted octanol–water partition coefficient (Wildman–Crippen LogP) is 5.63. The molecule has 174 valence electrons. The van der Waals surface area contributed by atoms with Crippen molar-refractivity contribution in [3.05, 3.63) is 78.1 Å². The summed E-state index contributed by atoms with van der Waals surface area (Å²) in [6.07, 6.45) is 0.823. The maximum Gasteiger partial charge on any atom is 0.253 e. The molecule has 2 N–H and O–H groups in total. The molecule has 5 rings (SSSR count). The van der Waals surface area contributed by atoms with Crippen LogP contribution < -0.4 is 5.73 Å². The van der Waals surface area contributed by atoms with E-state index in [-0.39, 0.29) is 38.4 Å². The summed E-state index contributed by atoms with van der Waals surface area (Å²) in [7, 11) is 0. The lowest BCUT2D eigenvalue weighted by atomic mass is 9.96. The van der Waals surface area contributed by atoms with Gasteiger partial charge in [0.2, 0.25) is 5.95 Å². The van der Waals surface area contributed by atoms with Crippen LogP contribution in [-0.4, -0.2) is 34.8 Å². The number of fused-ring (bicyclic) bond motifs is 1. The number of nitrogens with two attached hydrogens (primary N) is 1. The second-order valence-corrected chi connectivity index (χ2v) is 8.45. The molecule has 1 aliphatic heterocycles. The molecular weight excluding hydrogens is 443 g/mol. The summed E-state index contributed by atoms with van der Waals surface area (Å²) in [6.45, 7) is 0.330. The monoisotopic (exact) mass is 465 g/mol. The predicted molar refractivity (Wildman–Crippen MR) is 123 cm³/mol. The summed E-state index contributed by atoms with van der Waals surface area (Å²) in [5.74, 6) is -2.90. The lowest BCUT2D eigenvalue weighted by molar-refractivity contribution is -0.0494. The van der Waals surface area contributed by atoms with Gasteiger partial charge in [0.15, 0.2) is 0 Å². The van der Waals surface area contributed by atoms with Gasteiger partial charge < -0.3 is 15.1 Å². The molecule has 1 fully saturated rings. The summed E-state index contributed by atoms with van der Waals surface area (Å²) < 4.78 is 46.1. The van der Waals surface area contributed by atoms with E-state index in [0.717, 1.165) is 22.1 Å². The first-order chi connectivity index (χ1) is 16.3. The number of piperidine rings is 1. The number of carbonyl (C=O) groups is 1. The third-order valence-electron chi connectivity index (χ3n) is 6.15. The number of rotatable bonds is 4. The van der Waals surface area contributed by atoms with Gasteiger partial charge in [-0.05, 0) is 53.6 Å². The molecule has 0 atom stereocenters. The van der Waals surface area contributed by atoms with E-state index in [1.165, 1.54) is 17.2 Å². The van der Waals surface area contributed by atoms with Gasteiger partial charge in [0.25, 0.3) is 11.8 Å². The minimum atomic E-state index is -2.70. The number of halogens is 3. The number of likely N-dealkylation sites (tertiary alicyclic amines) is 1. The molecule has 2 aromatic heterocycles. The summed E-state index contributed by atoms with van der Waals surface area (Å²) in [4.78, 5) is 18.0. The molecule has 0 spiro atoms. The van der Waals surface area contributed by atoms with Gasteiger partial charge in [0.05, 0.1) is 6.54 Å². The molecule has 3 heterocycles. The molecule has 0 bridgehead atoms. The Balaban J connectivity index is 1.48. The van der Waals surface area contributed by atoms with Crippen molar-refractivity contribution in [2.75, 3.05) is 13.1 Å². The first-order valence-corrected chi connectivity index (χ1v) is 11.0. The van der Waals surface area contributed by atoms with Crippen LogP contribution in [0.4, 0.5) is 13.2 Å². The van der Waals surface area contributed by atoms with Crippen molar-refractivity contribution >= 4 is 16.9 Å². The molecule has 8 heteroatoms. The third kappa shape index (κ3) is 4.28. The van der Waals surface area contributed by atoms with E-state index in [1.807, 2.05) is 30.3 Å². The van der Waals surface area contributed by atoms with Crippen molar-refractivity contribution in [2.24, 2.45) is 5.73 Å². The van der Waals surface area contributed by atoms with Gasteiger partial charge in [0, 0.05) is 54.2 Å². The number of furan rings is 1. The number of carbonyl (C=O) groups excluding carboxylic acids is 1. The van der Waals surface area contributed by atoms with Crippen LogP contribution in [0.15, 0.2) is 65.2 Å². The number of hydrogen-bond acceptors (Lipinski definition) is 4. The molecule has 1 saturated heterocycles. The zero-order chi connectivity index (χ0) is 23.9. The topological polar surface area (TPSA) is 72.4 Å². The molecular formula is C26H22F3N3O2. The number of alkyl halides is 2. The minimum Gasteiger partial charge on any atom is -0.459 e. The van der Waals surface area contributed by atoms with Gasteiger partial charge in [-0.25, -0.2) is 13.8 Å². The van der Waals surface area contributed by atoms with Crippen molar-refractivity contribution < 1.29 is 22.4 Å². The van der Waals surface area contributed by atoms with E-state index < -0.39 is 11.9 Å². The Hall–Kier alpha value is -3.65. The Labute approximate surface area is 194 Å². The van der Waals surface area contributed by atoms with E-state index in [0.29, 0.717) is 22.5 Å². The Morgan fingerprint density at radius 3 is 2.35 bits per heavy atom. The van der Waals surface area contributed by atoms with Crippen LogP contribution >= 0.6 is 0 Å². The maximum atomic E-state index is 13.4. The first-order valence-electron chi connectivity index (χ1n) is 11.0. The van der Waals surface area contributed by atoms with Crippen molar-refractivity contribution in [1.82, 2.24) is 9.88 Å². The van der Waals surface area contributed by atoms with Crippen molar-refractivity contribution in [1.29, 1.82) is 0 Å². The van der Waals surface area contributed by atoms with E-state index in [9.17, 15) is 18.0 Å². The Kier molecular flexibility index (Phi) is 5.61. The summed E-state index contributed by atoms with van der Waals surface area (Å²) in [5.41, 5.74) is 10.0. The highest BCUT2D eigenvalue weighted by atomic mass is 19.3. The molecule has 4 aromatic rings. The van der Waals surface area contributed by atoms with Gasteiger partial charge in [-0.1, -0.05) is 12.1 Å². The normalized spacial score (nSPS) is 15.6. The molecule has 0 unspecified atom stereocenters. The van der Waals surface area contributed by atoms with Crippen LogP contribution in [0.1, 0.15) is 29.0 Å². The molecule has 5 nitrogen and oxygen atoms in total. The van der Waals surface area contributed by atoms with Crippen LogP contribution in [-0.2, 0) is 6.54 Å². The summed E-state index contributed by atoms with van der Waals surface area (Å²) in [6, 6.07) is 15.7. The number of nitrogens with zero attached hydrogens (tertiary/aromatic N) is 2. The van der Waals surface area contributed by atoms with E-state index in [4.69, 9.17) is 10.2 Å². The maximum absolute atomic E-state index is 13.4. The van der Waals surface area contributed by atoms with Gasteiger partial charge in [-0.15, -0.1) is 0 Å². The van der Waals surface area contributed by atoms with Gasteiger partial charge in [0.1, 0.15) is 11.3 Å². The fourth-order valence-electron chi connectivity index (χ4n) is 4.25. The van der Waals surface area contributed by atoms with Crippen LogP contribution in [0.5, 0.6) is 0 Å². The highest BCUT2D eigenvalue weighted by Crippen LogP contribution is 2.36. The number of aromatic nitrogens is 1. The van der Waals surface area contributed by atoms with Crippen LogP contribution in [0, 0.1) is 5.95 Å². The molecule has 34 heavy (non-hydrogen) atoms. The number of amides is 1. The van der Waals surface area contributed by atoms with Crippen LogP contribution in [0.3, 0.4) is 0 Å². The molecule has 2 aromatic carbocycles. The smallest absolute Gasteiger partial charge is 0.253 e. The second-order valence-electron chi connectivity index (χ2n) is 8.45. The van der Waals surface area contributed by atoms with Gasteiger partial charge in [-0.2, -0.15) is 4.39 Å². The molecule has 0 saturated carbocycles. The minimum absolute atomic E-state index is 0.0449.